The smallest absolute Gasteiger partial charge is 0.339 e. The molecule has 6 aliphatic carbocycles. The summed E-state index contributed by atoms with van der Waals surface area (Å²) in [5.41, 5.74) is -52.9. The third kappa shape index (κ3) is 1.08. The van der Waals surface area contributed by atoms with Crippen LogP contribution in [-0.2, 0) is 9.53 Å². The quantitative estimate of drug-likeness (QED) is 0.340. The highest BCUT2D eigenvalue weighted by atomic mass is 19.3. The van der Waals surface area contributed by atoms with Gasteiger partial charge in [0.1, 0.15) is 10.8 Å². The van der Waals surface area contributed by atoms with E-state index in [0.717, 1.165) is 6.92 Å². The molecule has 0 aromatic heterocycles. The van der Waals surface area contributed by atoms with Crippen molar-refractivity contribution in [3.8, 4) is 0 Å². The Morgan fingerprint density at radius 2 is 0.889 bits per heavy atom. The van der Waals surface area contributed by atoms with Gasteiger partial charge in [0.2, 0.25) is 22.7 Å². The van der Waals surface area contributed by atoms with E-state index in [1.807, 2.05) is 0 Å². The van der Waals surface area contributed by atoms with Crippen molar-refractivity contribution in [3.63, 3.8) is 0 Å². The van der Waals surface area contributed by atoms with Gasteiger partial charge in [-0.3, -0.25) is 4.79 Å². The Labute approximate surface area is 189 Å². The average Bonchev–Trinajstić information content (AvgIpc) is 3.19. The largest absolute Gasteiger partial charge is 0.439 e. The highest BCUT2D eigenvalue weighted by Crippen LogP contribution is 3.18. The molecule has 204 valence electrons. The van der Waals surface area contributed by atoms with Crippen LogP contribution < -0.4 is 0 Å². The lowest BCUT2D eigenvalue weighted by Crippen LogP contribution is -3.12. The minimum atomic E-state index is -7.20. The molecule has 8 atom stereocenters. The topological polar surface area (TPSA) is 26.3 Å². The van der Waals surface area contributed by atoms with Crippen LogP contribution in [0.5, 0.6) is 0 Å². The van der Waals surface area contributed by atoms with Gasteiger partial charge in [-0.25, -0.2) is 30.7 Å². The first-order valence-corrected chi connectivity index (χ1v) is 10.3. The van der Waals surface area contributed by atoms with Crippen LogP contribution in [0.25, 0.3) is 0 Å². The summed E-state index contributed by atoms with van der Waals surface area (Å²) in [7, 11) is 0. The molecule has 8 unspecified atom stereocenters. The van der Waals surface area contributed by atoms with E-state index in [4.69, 9.17) is 0 Å². The highest BCUT2D eigenvalue weighted by Gasteiger charge is 3.47. The maximum absolute atomic E-state index is 15.8. The third-order valence-corrected chi connectivity index (χ3v) is 10.1. The number of esters is 1. The molecular weight excluding hydrogens is 545 g/mol. The number of carbonyl (C=O) groups is 1. The molecule has 0 N–H and O–H groups in total. The fraction of sp³-hybridized carbons (Fsp3) is 0.947. The summed E-state index contributed by atoms with van der Waals surface area (Å²) >= 11 is 0. The molecule has 6 fully saturated rings. The van der Waals surface area contributed by atoms with Gasteiger partial charge in [-0.15, -0.1) is 0 Å². The van der Waals surface area contributed by atoms with Crippen LogP contribution in [0.4, 0.5) is 65.9 Å². The molecule has 2 nitrogen and oxygen atoms in total. The molecular formula is C19H11F15O2. The van der Waals surface area contributed by atoms with Crippen LogP contribution in [0.3, 0.4) is 0 Å². The number of fused-ring (bicyclic) bond motifs is 3. The molecule has 0 aromatic rings. The van der Waals surface area contributed by atoms with Gasteiger partial charge in [0.05, 0.1) is 5.41 Å². The SMILES string of the molecule is CCC(C)(C)C(=O)OC12C(F)(F)C3(F)C(F)(F)C4(F)C5(F)C(F)(F)C6(F)C(F)(C1(F)F)C56C34C2(F)F. The van der Waals surface area contributed by atoms with Gasteiger partial charge in [-0.2, -0.15) is 35.1 Å². The molecule has 36 heavy (non-hydrogen) atoms. The second kappa shape index (κ2) is 4.60. The zero-order chi connectivity index (χ0) is 28.0. The minimum absolute atomic E-state index is 0.608. The van der Waals surface area contributed by atoms with Crippen LogP contribution in [0.1, 0.15) is 27.2 Å². The second-order valence-corrected chi connectivity index (χ2v) is 11.0. The van der Waals surface area contributed by atoms with Gasteiger partial charge in [-0.05, 0) is 20.3 Å². The lowest BCUT2D eigenvalue weighted by atomic mass is 9.19. The van der Waals surface area contributed by atoms with Gasteiger partial charge in [0, 0.05) is 0 Å². The summed E-state index contributed by atoms with van der Waals surface area (Å²) < 4.78 is 233. The number of alkyl halides is 15. The van der Waals surface area contributed by atoms with Crippen molar-refractivity contribution in [1.82, 2.24) is 0 Å². The summed E-state index contributed by atoms with van der Waals surface area (Å²) in [6.07, 6.45) is -0.608. The summed E-state index contributed by atoms with van der Waals surface area (Å²) in [5, 5.41) is 0. The van der Waals surface area contributed by atoms with Crippen molar-refractivity contribution in [2.24, 2.45) is 16.2 Å². The molecule has 0 heterocycles. The number of hydrogen-bond donors (Lipinski definition) is 0. The normalized spacial score (nSPS) is 59.9. The Morgan fingerprint density at radius 3 is 1.31 bits per heavy atom. The fourth-order valence-corrected chi connectivity index (χ4v) is 8.39. The zero-order valence-electron chi connectivity index (χ0n) is 17.7. The first-order valence-electron chi connectivity index (χ1n) is 10.3. The van der Waals surface area contributed by atoms with Gasteiger partial charge in [0.25, 0.3) is 5.67 Å². The van der Waals surface area contributed by atoms with Gasteiger partial charge >= 0.3 is 41.2 Å². The van der Waals surface area contributed by atoms with Crippen molar-refractivity contribution < 1.29 is 75.4 Å². The molecule has 0 amide bonds. The van der Waals surface area contributed by atoms with E-state index >= 15 is 48.3 Å². The molecule has 0 saturated heterocycles. The Kier molecular flexibility index (Phi) is 3.16. The maximum Gasteiger partial charge on any atom is 0.339 e. The van der Waals surface area contributed by atoms with E-state index < -0.39 is 92.2 Å². The predicted octanol–water partition coefficient (Wildman–Crippen LogP) is 5.48. The first-order chi connectivity index (χ1) is 15.7. The molecule has 17 heteroatoms. The standard InChI is InChI=1S/C19H11F15O2/c1-4-6(2,3)5(35)36-14-15(25,26)8-7-9(20,11(7,22)18(14,31)32)16(27,28)10(7,21)12(8,23)17(29,30)13(8,24)19(14,33)34/h4H2,1-3H3. The van der Waals surface area contributed by atoms with Crippen molar-refractivity contribution in [1.29, 1.82) is 0 Å². The summed E-state index contributed by atoms with van der Waals surface area (Å²) in [5.74, 6) is -37.4. The number of hydrogen-bond acceptors (Lipinski definition) is 2. The minimum Gasteiger partial charge on any atom is -0.439 e. The Bertz CT molecular complexity index is 1220. The zero-order valence-corrected chi connectivity index (χ0v) is 17.7. The van der Waals surface area contributed by atoms with E-state index in [0.29, 0.717) is 13.8 Å². The second-order valence-electron chi connectivity index (χ2n) is 11.0. The van der Waals surface area contributed by atoms with Crippen LogP contribution >= 0.6 is 0 Å². The lowest BCUT2D eigenvalue weighted by Gasteiger charge is -2.84. The Morgan fingerprint density at radius 1 is 0.556 bits per heavy atom. The van der Waals surface area contributed by atoms with E-state index in [-0.39, 0.29) is 0 Å². The van der Waals surface area contributed by atoms with E-state index in [1.54, 1.807) is 0 Å². The number of halogens is 15. The van der Waals surface area contributed by atoms with E-state index in [2.05, 4.69) is 4.74 Å². The maximum atomic E-state index is 15.8. The highest BCUT2D eigenvalue weighted by molar-refractivity contribution is 5.85. The molecule has 6 saturated carbocycles. The monoisotopic (exact) mass is 556 g/mol. The number of rotatable bonds is 3. The Hall–Kier alpha value is -1.58. The van der Waals surface area contributed by atoms with Gasteiger partial charge < -0.3 is 4.74 Å². The summed E-state index contributed by atoms with van der Waals surface area (Å²) in [6, 6.07) is 0. The van der Waals surface area contributed by atoms with Crippen LogP contribution in [0, 0.1) is 16.2 Å². The average molecular weight is 556 g/mol. The third-order valence-electron chi connectivity index (χ3n) is 10.1. The molecule has 0 radical (unpaired) electrons. The van der Waals surface area contributed by atoms with E-state index in [1.165, 1.54) is 0 Å². The molecule has 6 aliphatic rings. The Balaban J connectivity index is 1.80. The van der Waals surface area contributed by atoms with Gasteiger partial charge in [-0.1, -0.05) is 6.92 Å². The van der Waals surface area contributed by atoms with E-state index in [9.17, 15) is 22.4 Å². The fourth-order valence-electron chi connectivity index (χ4n) is 8.39. The molecule has 2 spiro atoms. The molecule has 6 rings (SSSR count). The number of ether oxygens (including phenoxy) is 1. The molecule has 0 aromatic carbocycles. The molecule has 0 aliphatic heterocycles. The van der Waals surface area contributed by atoms with Crippen LogP contribution in [-0.4, -0.2) is 69.5 Å². The van der Waals surface area contributed by atoms with Crippen LogP contribution in [0.2, 0.25) is 0 Å². The summed E-state index contributed by atoms with van der Waals surface area (Å²) in [6.45, 7) is 2.38. The lowest BCUT2D eigenvalue weighted by molar-refractivity contribution is -0.610. The predicted molar refractivity (Wildman–Crippen MR) is 81.7 cm³/mol. The van der Waals surface area contributed by atoms with Crippen molar-refractivity contribution >= 4 is 5.97 Å². The van der Waals surface area contributed by atoms with Crippen LogP contribution in [0.15, 0.2) is 0 Å². The molecule has 2 bridgehead atoms. The van der Waals surface area contributed by atoms with Crippen molar-refractivity contribution in [3.05, 3.63) is 0 Å². The summed E-state index contributed by atoms with van der Waals surface area (Å²) in [4.78, 5) is 12.4. The first kappa shape index (κ1) is 24.7. The number of carbonyl (C=O) groups excluding carboxylic acids is 1. The van der Waals surface area contributed by atoms with Crippen molar-refractivity contribution in [2.75, 3.05) is 0 Å². The van der Waals surface area contributed by atoms with Crippen molar-refractivity contribution in [2.45, 2.75) is 90.7 Å². The van der Waals surface area contributed by atoms with Gasteiger partial charge in [0.15, 0.2) is 0 Å².